The highest BCUT2D eigenvalue weighted by Gasteiger charge is 2.20. The molecule has 3 heterocycles. The van der Waals surface area contributed by atoms with Gasteiger partial charge >= 0.3 is 0 Å². The Morgan fingerprint density at radius 2 is 1.82 bits per heavy atom. The van der Waals surface area contributed by atoms with E-state index in [1.54, 1.807) is 0 Å². The number of hydrogen-bond acceptors (Lipinski definition) is 6. The fraction of sp³-hybridized carbons (Fsp3) is 0.290. The van der Waals surface area contributed by atoms with Gasteiger partial charge < -0.3 is 14.2 Å². The summed E-state index contributed by atoms with van der Waals surface area (Å²) in [6, 6.07) is 20.8. The molecule has 1 saturated heterocycles. The fourth-order valence-corrected chi connectivity index (χ4v) is 5.17. The molecule has 7 nitrogen and oxygen atoms in total. The van der Waals surface area contributed by atoms with Crippen LogP contribution in [0.5, 0.6) is 5.75 Å². The van der Waals surface area contributed by atoms with Crippen molar-refractivity contribution in [2.24, 2.45) is 10.2 Å². The second kappa shape index (κ2) is 10.3. The molecule has 0 N–H and O–H groups in total. The van der Waals surface area contributed by atoms with Crippen LogP contribution < -0.4 is 4.74 Å². The van der Waals surface area contributed by atoms with Gasteiger partial charge in [0.1, 0.15) is 18.2 Å². The van der Waals surface area contributed by atoms with Crippen molar-refractivity contribution >= 4 is 33.3 Å². The van der Waals surface area contributed by atoms with Crippen LogP contribution in [-0.2, 0) is 6.54 Å². The maximum absolute atomic E-state index is 6.42. The Morgan fingerprint density at radius 1 is 0.947 bits per heavy atom. The number of rotatable bonds is 6. The van der Waals surface area contributed by atoms with Crippen LogP contribution in [0.3, 0.4) is 0 Å². The van der Waals surface area contributed by atoms with Crippen molar-refractivity contribution in [3.63, 3.8) is 0 Å². The second-order valence-corrected chi connectivity index (χ2v) is 10.3. The van der Waals surface area contributed by atoms with Gasteiger partial charge in [-0.15, -0.1) is 10.2 Å². The summed E-state index contributed by atoms with van der Waals surface area (Å²) < 4.78 is 8.70. The molecule has 0 saturated carbocycles. The maximum atomic E-state index is 6.42. The maximum Gasteiger partial charge on any atom is 0.189 e. The highest BCUT2D eigenvalue weighted by molar-refractivity contribution is 5.93. The molecule has 0 radical (unpaired) electrons. The van der Waals surface area contributed by atoms with Gasteiger partial charge in [0.2, 0.25) is 0 Å². The van der Waals surface area contributed by atoms with Crippen LogP contribution in [0.15, 0.2) is 83.4 Å². The molecule has 0 spiro atoms. The van der Waals surface area contributed by atoms with Crippen molar-refractivity contribution < 1.29 is 4.74 Å². The molecular weight excluding hydrogens is 472 g/mol. The van der Waals surface area contributed by atoms with Crippen molar-refractivity contribution in [3.8, 4) is 5.75 Å². The molecule has 192 valence electrons. The molecule has 0 amide bonds. The van der Waals surface area contributed by atoms with Crippen LogP contribution >= 0.6 is 0 Å². The predicted molar refractivity (Wildman–Crippen MR) is 152 cm³/mol. The first-order valence-corrected chi connectivity index (χ1v) is 13.2. The monoisotopic (exact) mass is 504 g/mol. The van der Waals surface area contributed by atoms with E-state index >= 15 is 0 Å². The Labute approximate surface area is 222 Å². The van der Waals surface area contributed by atoms with Crippen LogP contribution in [0.1, 0.15) is 29.5 Å². The van der Waals surface area contributed by atoms with Crippen molar-refractivity contribution in [1.82, 2.24) is 19.4 Å². The van der Waals surface area contributed by atoms with Crippen LogP contribution in [0.4, 0.5) is 11.5 Å². The summed E-state index contributed by atoms with van der Waals surface area (Å²) in [5.41, 5.74) is 6.67. The number of piperidine rings is 1. The normalized spacial score (nSPS) is 15.1. The Hall–Kier alpha value is -4.10. The summed E-state index contributed by atoms with van der Waals surface area (Å²) in [4.78, 5) is 11.2. The van der Waals surface area contributed by atoms with E-state index in [4.69, 9.17) is 4.74 Å². The van der Waals surface area contributed by atoms with E-state index in [1.165, 1.54) is 28.5 Å². The van der Waals surface area contributed by atoms with E-state index in [0.717, 1.165) is 60.2 Å². The number of aromatic nitrogens is 3. The van der Waals surface area contributed by atoms with Gasteiger partial charge in [-0.1, -0.05) is 29.8 Å². The van der Waals surface area contributed by atoms with Gasteiger partial charge in [-0.25, -0.2) is 9.97 Å². The lowest BCUT2D eigenvalue weighted by Crippen LogP contribution is -2.35. The first-order chi connectivity index (χ1) is 18.5. The molecule has 1 aliphatic heterocycles. The number of nitrogens with zero attached hydrogens (tertiary/aromatic N) is 6. The highest BCUT2D eigenvalue weighted by Crippen LogP contribution is 2.34. The molecule has 0 aliphatic carbocycles. The molecule has 1 fully saturated rings. The molecule has 5 aromatic rings. The number of azo groups is 1. The summed E-state index contributed by atoms with van der Waals surface area (Å²) in [5.74, 6) is 1.29. The van der Waals surface area contributed by atoms with Crippen LogP contribution in [0, 0.1) is 13.8 Å². The summed E-state index contributed by atoms with van der Waals surface area (Å²) in [5, 5.41) is 11.0. The summed E-state index contributed by atoms with van der Waals surface area (Å²) in [6.07, 6.45) is 5.85. The van der Waals surface area contributed by atoms with Gasteiger partial charge in [-0.3, -0.25) is 0 Å². The van der Waals surface area contributed by atoms with Gasteiger partial charge in [-0.2, -0.15) is 0 Å². The van der Waals surface area contributed by atoms with E-state index in [0.29, 0.717) is 5.82 Å². The highest BCUT2D eigenvalue weighted by atomic mass is 16.5. The third kappa shape index (κ3) is 5.02. The topological polar surface area (TPSA) is 67.9 Å². The molecule has 0 atom stereocenters. The minimum absolute atomic E-state index is 0.178. The van der Waals surface area contributed by atoms with Gasteiger partial charge in [0.05, 0.1) is 16.6 Å². The van der Waals surface area contributed by atoms with Crippen molar-refractivity contribution in [2.45, 2.75) is 39.3 Å². The lowest BCUT2D eigenvalue weighted by molar-refractivity contribution is 0.116. The average molecular weight is 505 g/mol. The molecular formula is C31H32N6O. The summed E-state index contributed by atoms with van der Waals surface area (Å²) >= 11 is 0. The smallest absolute Gasteiger partial charge is 0.189 e. The van der Waals surface area contributed by atoms with Gasteiger partial charge in [0, 0.05) is 36.7 Å². The van der Waals surface area contributed by atoms with E-state index in [9.17, 15) is 0 Å². The Kier molecular flexibility index (Phi) is 6.60. The molecule has 2 aromatic heterocycles. The third-order valence-electron chi connectivity index (χ3n) is 7.42. The zero-order valence-electron chi connectivity index (χ0n) is 22.1. The molecule has 7 heteroatoms. The van der Waals surface area contributed by atoms with Gasteiger partial charge in [0.15, 0.2) is 5.82 Å². The fourth-order valence-electron chi connectivity index (χ4n) is 5.17. The van der Waals surface area contributed by atoms with Crippen LogP contribution in [0.2, 0.25) is 0 Å². The van der Waals surface area contributed by atoms with Crippen molar-refractivity contribution in [1.29, 1.82) is 0 Å². The minimum atomic E-state index is 0.178. The van der Waals surface area contributed by atoms with Crippen molar-refractivity contribution in [2.75, 3.05) is 20.1 Å². The van der Waals surface area contributed by atoms with E-state index in [2.05, 4.69) is 93.2 Å². The largest absolute Gasteiger partial charge is 0.489 e. The Balaban J connectivity index is 1.27. The summed E-state index contributed by atoms with van der Waals surface area (Å²) in [6.45, 7) is 7.21. The molecule has 0 bridgehead atoms. The predicted octanol–water partition coefficient (Wildman–Crippen LogP) is 7.14. The van der Waals surface area contributed by atoms with E-state index in [1.807, 2.05) is 24.3 Å². The van der Waals surface area contributed by atoms with E-state index < -0.39 is 0 Å². The molecule has 1 aliphatic rings. The quantitative estimate of drug-likeness (QED) is 0.231. The van der Waals surface area contributed by atoms with Crippen LogP contribution in [-0.4, -0.2) is 45.7 Å². The average Bonchev–Trinajstić information content (AvgIpc) is 3.32. The SMILES string of the molecule is Cc1ccc(C)c(Cn2ccc3cc(/N=N/c4ncnc5cccc(OC6CCN(C)CC6)c45)ccc32)c1. The number of fused-ring (bicyclic) bond motifs is 2. The number of aryl methyl sites for hydroxylation is 2. The van der Waals surface area contributed by atoms with Crippen LogP contribution in [0.25, 0.3) is 21.8 Å². The number of likely N-dealkylation sites (tertiary alicyclic amines) is 1. The second-order valence-electron chi connectivity index (χ2n) is 10.3. The van der Waals surface area contributed by atoms with Gasteiger partial charge in [0.25, 0.3) is 0 Å². The Bertz CT molecular complexity index is 1630. The molecule has 38 heavy (non-hydrogen) atoms. The molecule has 6 rings (SSSR count). The first kappa shape index (κ1) is 24.2. The summed E-state index contributed by atoms with van der Waals surface area (Å²) in [7, 11) is 2.15. The lowest BCUT2D eigenvalue weighted by Gasteiger charge is -2.29. The number of hydrogen-bond donors (Lipinski definition) is 0. The van der Waals surface area contributed by atoms with Gasteiger partial charge in [-0.05, 0) is 81.3 Å². The number of benzene rings is 3. The number of ether oxygens (including phenoxy) is 1. The molecule has 0 unspecified atom stereocenters. The third-order valence-corrected chi connectivity index (χ3v) is 7.42. The Morgan fingerprint density at radius 3 is 2.68 bits per heavy atom. The first-order valence-electron chi connectivity index (χ1n) is 13.2. The van der Waals surface area contributed by atoms with Crippen molar-refractivity contribution in [3.05, 3.63) is 89.9 Å². The zero-order valence-corrected chi connectivity index (χ0v) is 22.1. The minimum Gasteiger partial charge on any atom is -0.489 e. The lowest BCUT2D eigenvalue weighted by atomic mass is 10.1. The molecule has 3 aromatic carbocycles. The standard InChI is InChI=1S/C31H32N6O/c1-21-7-8-22(2)24(17-21)19-37-16-11-23-18-25(9-10-28(23)37)34-35-31-30-27(32-20-33-31)5-4-6-29(30)38-26-12-14-36(3)15-13-26/h4-11,16-18,20,26H,12-15,19H2,1-3H3/b35-34+. The van der Waals surface area contributed by atoms with E-state index in [-0.39, 0.29) is 6.10 Å². The zero-order chi connectivity index (χ0) is 26.1.